The number of hydrogen-bond donors (Lipinski definition) is 1. The Labute approximate surface area is 118 Å². The summed E-state index contributed by atoms with van der Waals surface area (Å²) in [5.41, 5.74) is 0.556. The van der Waals surface area contributed by atoms with E-state index in [-0.39, 0.29) is 18.5 Å². The van der Waals surface area contributed by atoms with Crippen molar-refractivity contribution in [3.63, 3.8) is 0 Å². The second-order valence-corrected chi connectivity index (χ2v) is 7.52. The molecule has 1 aromatic heterocycles. The number of nitrogens with zero attached hydrogens (tertiary/aromatic N) is 1. The third kappa shape index (κ3) is 3.34. The third-order valence-corrected chi connectivity index (χ3v) is 5.60. The Kier molecular flexibility index (Phi) is 4.88. The Morgan fingerprint density at radius 1 is 1.45 bits per heavy atom. The van der Waals surface area contributed by atoms with Crippen molar-refractivity contribution in [1.29, 1.82) is 0 Å². The van der Waals surface area contributed by atoms with Gasteiger partial charge in [0, 0.05) is 25.1 Å². The fourth-order valence-corrected chi connectivity index (χ4v) is 2.76. The van der Waals surface area contributed by atoms with Crippen molar-refractivity contribution >= 4 is 15.6 Å². The number of carbonyl (C=O) groups excluding carboxylic acids is 1. The van der Waals surface area contributed by atoms with E-state index >= 15 is 0 Å². The Morgan fingerprint density at radius 2 is 2.05 bits per heavy atom. The Bertz CT molecular complexity index is 662. The van der Waals surface area contributed by atoms with Crippen molar-refractivity contribution in [1.82, 2.24) is 4.57 Å². The van der Waals surface area contributed by atoms with Crippen LogP contribution in [-0.4, -0.2) is 41.5 Å². The molecule has 1 aromatic rings. The Hall–Kier alpha value is -1.47. The molecule has 112 valence electrons. The summed E-state index contributed by atoms with van der Waals surface area (Å²) >= 11 is 0. The first-order valence-corrected chi connectivity index (χ1v) is 8.02. The molecule has 20 heavy (non-hydrogen) atoms. The zero-order valence-electron chi connectivity index (χ0n) is 11.8. The van der Waals surface area contributed by atoms with E-state index in [0.717, 1.165) is 11.8 Å². The number of aliphatic hydroxyl groups excluding tert-OH is 1. The second-order valence-electron chi connectivity index (χ2n) is 5.07. The molecule has 7 heteroatoms. The number of aromatic nitrogens is 1. The first kappa shape index (κ1) is 16.6. The van der Waals surface area contributed by atoms with Crippen LogP contribution >= 0.6 is 0 Å². The van der Waals surface area contributed by atoms with Gasteiger partial charge >= 0.3 is 0 Å². The van der Waals surface area contributed by atoms with Crippen LogP contribution in [0.4, 0.5) is 0 Å². The molecule has 1 heterocycles. The molecule has 0 aromatic carbocycles. The van der Waals surface area contributed by atoms with Gasteiger partial charge in [-0.05, 0) is 31.9 Å². The number of hydrogen-bond acceptors (Lipinski definition) is 5. The van der Waals surface area contributed by atoms with Crippen molar-refractivity contribution in [3.8, 4) is 0 Å². The lowest BCUT2D eigenvalue weighted by atomic mass is 10.0. The van der Waals surface area contributed by atoms with Gasteiger partial charge in [0.05, 0.1) is 0 Å². The zero-order valence-corrected chi connectivity index (χ0v) is 12.6. The van der Waals surface area contributed by atoms with Crippen LogP contribution in [0.5, 0.6) is 0 Å². The van der Waals surface area contributed by atoms with Gasteiger partial charge in [-0.2, -0.15) is 0 Å². The zero-order chi connectivity index (χ0) is 15.6. The van der Waals surface area contributed by atoms with Crippen LogP contribution in [0.2, 0.25) is 0 Å². The maximum absolute atomic E-state index is 11.8. The van der Waals surface area contributed by atoms with Crippen LogP contribution in [0.15, 0.2) is 23.1 Å². The topological polar surface area (TPSA) is 93.4 Å². The lowest BCUT2D eigenvalue weighted by molar-refractivity contribution is -0.124. The van der Waals surface area contributed by atoms with Gasteiger partial charge in [0.25, 0.3) is 5.56 Å². The van der Waals surface area contributed by atoms with E-state index in [1.807, 2.05) is 0 Å². The average Bonchev–Trinajstić information content (AvgIpc) is 2.35. The molecule has 1 N–H and O–H groups in total. The maximum atomic E-state index is 11.8. The molecule has 0 radical (unpaired) electrons. The van der Waals surface area contributed by atoms with Gasteiger partial charge in [-0.25, -0.2) is 8.42 Å². The molecule has 0 bridgehead atoms. The van der Waals surface area contributed by atoms with Crippen molar-refractivity contribution < 1.29 is 18.3 Å². The van der Waals surface area contributed by atoms with Crippen LogP contribution in [0.1, 0.15) is 18.9 Å². The van der Waals surface area contributed by atoms with E-state index < -0.39 is 27.0 Å². The summed E-state index contributed by atoms with van der Waals surface area (Å²) < 4.78 is 23.2. The van der Waals surface area contributed by atoms with Crippen molar-refractivity contribution in [2.24, 2.45) is 0 Å². The highest BCUT2D eigenvalue weighted by Crippen LogP contribution is 2.22. The molecule has 0 aliphatic rings. The molecular formula is C13H19NO5S. The molecule has 1 rings (SSSR count). The van der Waals surface area contributed by atoms with Gasteiger partial charge in [0.1, 0.15) is 11.4 Å². The number of aryl methyl sites for hydroxylation is 2. The molecule has 0 amide bonds. The Balaban J connectivity index is 3.05. The standard InChI is InChI=1S/C13H19NO5S/c1-10-4-6-14(12(17)8-10)7-5-13(2,11(16)9-15)20(3,18)19/h4,6,8,15H,5,7,9H2,1-3H3/t13-/m1/s1. The molecule has 1 atom stereocenters. The summed E-state index contributed by atoms with van der Waals surface area (Å²) in [6.45, 7) is 2.31. The highest BCUT2D eigenvalue weighted by atomic mass is 32.2. The summed E-state index contributed by atoms with van der Waals surface area (Å²) in [6.07, 6.45) is 2.45. The van der Waals surface area contributed by atoms with Crippen LogP contribution in [0.3, 0.4) is 0 Å². The number of sulfone groups is 1. The van der Waals surface area contributed by atoms with Crippen molar-refractivity contribution in [3.05, 3.63) is 34.2 Å². The minimum absolute atomic E-state index is 0.0613. The summed E-state index contributed by atoms with van der Waals surface area (Å²) in [5.74, 6) is -0.764. The van der Waals surface area contributed by atoms with E-state index in [0.29, 0.717) is 0 Å². The fraction of sp³-hybridized carbons (Fsp3) is 0.538. The number of carbonyl (C=O) groups is 1. The van der Waals surface area contributed by atoms with Crippen LogP contribution < -0.4 is 5.56 Å². The van der Waals surface area contributed by atoms with Crippen LogP contribution in [-0.2, 0) is 21.2 Å². The predicted molar refractivity (Wildman–Crippen MR) is 75.4 cm³/mol. The van der Waals surface area contributed by atoms with Gasteiger partial charge in [-0.3, -0.25) is 9.59 Å². The predicted octanol–water partition coefficient (Wildman–Crippen LogP) is -0.0885. The first-order valence-electron chi connectivity index (χ1n) is 6.12. The molecule has 0 aliphatic heterocycles. The number of aliphatic hydroxyl groups is 1. The van der Waals surface area contributed by atoms with Crippen molar-refractivity contribution in [2.75, 3.05) is 12.9 Å². The fourth-order valence-electron chi connectivity index (χ4n) is 1.82. The largest absolute Gasteiger partial charge is 0.389 e. The molecule has 0 saturated heterocycles. The normalized spacial score (nSPS) is 14.8. The summed E-state index contributed by atoms with van der Waals surface area (Å²) in [7, 11) is -3.69. The van der Waals surface area contributed by atoms with Gasteiger partial charge in [-0.1, -0.05) is 0 Å². The summed E-state index contributed by atoms with van der Waals surface area (Å²) in [6, 6.07) is 3.17. The number of Topliss-reactive ketones (excluding diaryl/α,β-unsaturated/α-hetero) is 1. The van der Waals surface area contributed by atoms with Crippen LogP contribution in [0, 0.1) is 6.92 Å². The van der Waals surface area contributed by atoms with E-state index in [2.05, 4.69) is 0 Å². The van der Waals surface area contributed by atoms with Gasteiger partial charge in [0.2, 0.25) is 0 Å². The van der Waals surface area contributed by atoms with E-state index in [1.54, 1.807) is 19.2 Å². The highest BCUT2D eigenvalue weighted by molar-refractivity contribution is 7.92. The van der Waals surface area contributed by atoms with E-state index in [4.69, 9.17) is 5.11 Å². The summed E-state index contributed by atoms with van der Waals surface area (Å²) in [5, 5.41) is 8.94. The van der Waals surface area contributed by atoms with Gasteiger partial charge < -0.3 is 9.67 Å². The summed E-state index contributed by atoms with van der Waals surface area (Å²) in [4.78, 5) is 23.4. The van der Waals surface area contributed by atoms with Gasteiger partial charge in [0.15, 0.2) is 15.6 Å². The second kappa shape index (κ2) is 5.88. The molecule has 0 saturated carbocycles. The molecule has 0 unspecified atom stereocenters. The first-order chi connectivity index (χ1) is 9.11. The lowest BCUT2D eigenvalue weighted by Crippen LogP contribution is -2.46. The molecule has 0 spiro atoms. The smallest absolute Gasteiger partial charge is 0.250 e. The monoisotopic (exact) mass is 301 g/mol. The SMILES string of the molecule is Cc1ccn(CC[C@](C)(C(=O)CO)S(C)(=O)=O)c(=O)c1. The van der Waals surface area contributed by atoms with Gasteiger partial charge in [-0.15, -0.1) is 0 Å². The third-order valence-electron chi connectivity index (χ3n) is 3.53. The van der Waals surface area contributed by atoms with E-state index in [9.17, 15) is 18.0 Å². The van der Waals surface area contributed by atoms with Crippen LogP contribution in [0.25, 0.3) is 0 Å². The lowest BCUT2D eigenvalue weighted by Gasteiger charge is -2.25. The highest BCUT2D eigenvalue weighted by Gasteiger charge is 2.42. The Morgan fingerprint density at radius 3 is 2.50 bits per heavy atom. The number of ketones is 1. The van der Waals surface area contributed by atoms with Crippen molar-refractivity contribution in [2.45, 2.75) is 31.6 Å². The average molecular weight is 301 g/mol. The minimum Gasteiger partial charge on any atom is -0.389 e. The molecule has 0 fully saturated rings. The molecule has 6 nitrogen and oxygen atoms in total. The number of rotatable bonds is 6. The quantitative estimate of drug-likeness (QED) is 0.792. The molecular weight excluding hydrogens is 282 g/mol. The van der Waals surface area contributed by atoms with E-state index in [1.165, 1.54) is 17.6 Å². The maximum Gasteiger partial charge on any atom is 0.250 e. The molecule has 0 aliphatic carbocycles. The number of pyridine rings is 1. The minimum atomic E-state index is -3.69.